The molecule has 2 aromatic rings. The average Bonchev–Trinajstić information content (AvgIpc) is 3.01. The quantitative estimate of drug-likeness (QED) is 0.936. The lowest BCUT2D eigenvalue weighted by molar-refractivity contribution is 0.0697. The molecule has 0 spiro atoms. The van der Waals surface area contributed by atoms with Crippen molar-refractivity contribution in [3.05, 3.63) is 54.1 Å². The van der Waals surface area contributed by atoms with Gasteiger partial charge in [0, 0.05) is 6.42 Å². The summed E-state index contributed by atoms with van der Waals surface area (Å²) in [6.07, 6.45) is 1.07. The number of carbonyl (C=O) groups is 1. The van der Waals surface area contributed by atoms with E-state index in [4.69, 9.17) is 14.6 Å². The van der Waals surface area contributed by atoms with Gasteiger partial charge in [-0.3, -0.25) is 0 Å². The van der Waals surface area contributed by atoms with E-state index < -0.39 is 5.97 Å². The first-order valence-corrected chi connectivity index (χ1v) is 6.90. The molecule has 1 heterocycles. The van der Waals surface area contributed by atoms with Crippen LogP contribution in [-0.4, -0.2) is 30.4 Å². The maximum Gasteiger partial charge on any atom is 0.335 e. The second kappa shape index (κ2) is 5.97. The van der Waals surface area contributed by atoms with E-state index in [1.807, 2.05) is 36.4 Å². The van der Waals surface area contributed by atoms with Gasteiger partial charge in [0.2, 0.25) is 0 Å². The van der Waals surface area contributed by atoms with Crippen LogP contribution in [0.2, 0.25) is 0 Å². The number of aromatic carboxylic acids is 1. The highest BCUT2D eigenvalue weighted by Gasteiger charge is 2.16. The second-order valence-electron chi connectivity index (χ2n) is 5.01. The number of carboxylic acids is 1. The van der Waals surface area contributed by atoms with E-state index in [1.54, 1.807) is 12.1 Å². The molecule has 1 N–H and O–H groups in total. The Balaban J connectivity index is 1.72. The number of rotatable bonds is 4. The third kappa shape index (κ3) is 3.23. The van der Waals surface area contributed by atoms with Gasteiger partial charge < -0.3 is 14.6 Å². The fraction of sp³-hybridized carbons (Fsp3) is 0.235. The molecule has 4 nitrogen and oxygen atoms in total. The van der Waals surface area contributed by atoms with Crippen molar-refractivity contribution >= 4 is 5.97 Å². The first-order chi connectivity index (χ1) is 10.2. The van der Waals surface area contributed by atoms with Crippen molar-refractivity contribution in [2.75, 3.05) is 13.2 Å². The Labute approximate surface area is 122 Å². The Morgan fingerprint density at radius 2 is 1.67 bits per heavy atom. The maximum atomic E-state index is 10.8. The molecule has 0 amide bonds. The van der Waals surface area contributed by atoms with Crippen LogP contribution in [0.15, 0.2) is 48.5 Å². The number of hydrogen-bond donors (Lipinski definition) is 1. The molecule has 1 fully saturated rings. The van der Waals surface area contributed by atoms with Gasteiger partial charge in [-0.25, -0.2) is 4.79 Å². The highest BCUT2D eigenvalue weighted by Crippen LogP contribution is 2.24. The summed E-state index contributed by atoms with van der Waals surface area (Å²) < 4.78 is 11.1. The molecular formula is C17H16O4. The average molecular weight is 284 g/mol. The molecule has 2 aromatic carbocycles. The topological polar surface area (TPSA) is 55.8 Å². The van der Waals surface area contributed by atoms with E-state index in [2.05, 4.69) is 0 Å². The Morgan fingerprint density at radius 3 is 2.19 bits per heavy atom. The van der Waals surface area contributed by atoms with Crippen molar-refractivity contribution in [1.82, 2.24) is 0 Å². The van der Waals surface area contributed by atoms with Gasteiger partial charge in [-0.2, -0.15) is 0 Å². The third-order valence-corrected chi connectivity index (χ3v) is 3.51. The van der Waals surface area contributed by atoms with Gasteiger partial charge in [0.25, 0.3) is 0 Å². The van der Waals surface area contributed by atoms with Gasteiger partial charge in [0.05, 0.1) is 18.8 Å². The molecule has 21 heavy (non-hydrogen) atoms. The highest BCUT2D eigenvalue weighted by atomic mass is 16.5. The van der Waals surface area contributed by atoms with Crippen LogP contribution < -0.4 is 4.74 Å². The summed E-state index contributed by atoms with van der Waals surface area (Å²) in [5, 5.41) is 8.89. The van der Waals surface area contributed by atoms with Crippen LogP contribution >= 0.6 is 0 Å². The summed E-state index contributed by atoms with van der Waals surface area (Å²) in [5.41, 5.74) is 2.30. The van der Waals surface area contributed by atoms with E-state index >= 15 is 0 Å². The minimum absolute atomic E-state index is 0.144. The molecule has 1 aliphatic heterocycles. The Kier molecular flexibility index (Phi) is 3.88. The van der Waals surface area contributed by atoms with E-state index in [0.29, 0.717) is 12.2 Å². The van der Waals surface area contributed by atoms with Crippen molar-refractivity contribution in [1.29, 1.82) is 0 Å². The van der Waals surface area contributed by atoms with Crippen molar-refractivity contribution in [3.8, 4) is 16.9 Å². The molecule has 1 atom stereocenters. The summed E-state index contributed by atoms with van der Waals surface area (Å²) in [5.74, 6) is -0.0829. The summed E-state index contributed by atoms with van der Waals surface area (Å²) in [7, 11) is 0. The molecule has 1 aliphatic rings. The third-order valence-electron chi connectivity index (χ3n) is 3.51. The lowest BCUT2D eigenvalue weighted by Gasteiger charge is -2.12. The van der Waals surface area contributed by atoms with Gasteiger partial charge in [-0.05, 0) is 35.4 Å². The number of carboxylic acid groups (broad SMARTS) is 1. The molecular weight excluding hydrogens is 268 g/mol. The molecule has 4 heteroatoms. The smallest absolute Gasteiger partial charge is 0.335 e. The second-order valence-corrected chi connectivity index (χ2v) is 5.01. The summed E-state index contributed by atoms with van der Waals surface area (Å²) in [6.45, 7) is 1.41. The summed E-state index contributed by atoms with van der Waals surface area (Å²) in [6, 6.07) is 14.6. The first kappa shape index (κ1) is 13.6. The Bertz CT molecular complexity index is 610. The van der Waals surface area contributed by atoms with Crippen LogP contribution in [0.3, 0.4) is 0 Å². The van der Waals surface area contributed by atoms with Crippen molar-refractivity contribution in [2.45, 2.75) is 12.5 Å². The number of ether oxygens (including phenoxy) is 2. The molecule has 108 valence electrons. The monoisotopic (exact) mass is 284 g/mol. The largest absolute Gasteiger partial charge is 0.488 e. The van der Waals surface area contributed by atoms with Gasteiger partial charge in [0.15, 0.2) is 0 Å². The number of benzene rings is 2. The molecule has 0 radical (unpaired) electrons. The van der Waals surface area contributed by atoms with Crippen LogP contribution in [0.5, 0.6) is 5.75 Å². The SMILES string of the molecule is O=C(O)c1ccc(-c2ccc(OC3CCOC3)cc2)cc1. The van der Waals surface area contributed by atoms with Gasteiger partial charge in [0.1, 0.15) is 11.9 Å². The van der Waals surface area contributed by atoms with E-state index in [0.717, 1.165) is 29.9 Å². The minimum Gasteiger partial charge on any atom is -0.488 e. The van der Waals surface area contributed by atoms with Crippen LogP contribution in [0.1, 0.15) is 16.8 Å². The minimum atomic E-state index is -0.913. The fourth-order valence-corrected chi connectivity index (χ4v) is 2.33. The highest BCUT2D eigenvalue weighted by molar-refractivity contribution is 5.88. The maximum absolute atomic E-state index is 10.8. The Hall–Kier alpha value is -2.33. The normalized spacial score (nSPS) is 17.6. The fourth-order valence-electron chi connectivity index (χ4n) is 2.33. The van der Waals surface area contributed by atoms with Crippen molar-refractivity contribution < 1.29 is 19.4 Å². The summed E-state index contributed by atoms with van der Waals surface area (Å²) in [4.78, 5) is 10.8. The summed E-state index contributed by atoms with van der Waals surface area (Å²) >= 11 is 0. The number of hydrogen-bond acceptors (Lipinski definition) is 3. The molecule has 0 saturated carbocycles. The van der Waals surface area contributed by atoms with Crippen molar-refractivity contribution in [3.63, 3.8) is 0 Å². The molecule has 0 bridgehead atoms. The molecule has 3 rings (SSSR count). The Morgan fingerprint density at radius 1 is 1.05 bits per heavy atom. The van der Waals surface area contributed by atoms with Crippen LogP contribution in [0.25, 0.3) is 11.1 Å². The predicted molar refractivity (Wildman–Crippen MR) is 78.7 cm³/mol. The standard InChI is InChI=1S/C17H16O4/c18-17(19)14-3-1-12(2-4-14)13-5-7-15(8-6-13)21-16-9-10-20-11-16/h1-8,16H,9-11H2,(H,18,19). The van der Waals surface area contributed by atoms with Gasteiger partial charge >= 0.3 is 5.97 Å². The van der Waals surface area contributed by atoms with E-state index in [1.165, 1.54) is 0 Å². The van der Waals surface area contributed by atoms with Crippen LogP contribution in [0.4, 0.5) is 0 Å². The lowest BCUT2D eigenvalue weighted by atomic mass is 10.0. The molecule has 0 aromatic heterocycles. The van der Waals surface area contributed by atoms with Crippen molar-refractivity contribution in [2.24, 2.45) is 0 Å². The molecule has 0 aliphatic carbocycles. The lowest BCUT2D eigenvalue weighted by Crippen LogP contribution is -2.15. The zero-order valence-electron chi connectivity index (χ0n) is 11.5. The van der Waals surface area contributed by atoms with Crippen LogP contribution in [-0.2, 0) is 4.74 Å². The predicted octanol–water partition coefficient (Wildman–Crippen LogP) is 3.22. The van der Waals surface area contributed by atoms with Gasteiger partial charge in [-0.15, -0.1) is 0 Å². The van der Waals surface area contributed by atoms with Gasteiger partial charge in [-0.1, -0.05) is 24.3 Å². The van der Waals surface area contributed by atoms with E-state index in [9.17, 15) is 4.79 Å². The van der Waals surface area contributed by atoms with Crippen LogP contribution in [0, 0.1) is 0 Å². The van der Waals surface area contributed by atoms with E-state index in [-0.39, 0.29) is 6.10 Å². The zero-order valence-corrected chi connectivity index (χ0v) is 11.5. The zero-order chi connectivity index (χ0) is 14.7. The first-order valence-electron chi connectivity index (χ1n) is 6.90. The molecule has 1 unspecified atom stereocenters. The molecule has 1 saturated heterocycles.